The molecule has 1 atom stereocenters. The van der Waals surface area contributed by atoms with E-state index in [4.69, 9.17) is 0 Å². The number of rotatable bonds is 1. The van der Waals surface area contributed by atoms with Crippen LogP contribution in [0, 0.1) is 5.92 Å². The van der Waals surface area contributed by atoms with E-state index in [0.717, 1.165) is 24.1 Å². The summed E-state index contributed by atoms with van der Waals surface area (Å²) in [5.41, 5.74) is 2.83. The fourth-order valence-electron chi connectivity index (χ4n) is 1.98. The number of hydrogen-bond donors (Lipinski definition) is 2. The number of aromatic nitrogens is 2. The highest BCUT2D eigenvalue weighted by atomic mass is 16.1. The predicted octanol–water partition coefficient (Wildman–Crippen LogP) is 0.894. The molecule has 2 rings (SSSR count). The van der Waals surface area contributed by atoms with Gasteiger partial charge in [0.15, 0.2) is 5.69 Å². The maximum atomic E-state index is 11.5. The Kier molecular flexibility index (Phi) is 2.27. The highest BCUT2D eigenvalue weighted by Crippen LogP contribution is 2.25. The molecule has 2 N–H and O–H groups in total. The summed E-state index contributed by atoms with van der Waals surface area (Å²) >= 11 is 0. The smallest absolute Gasteiger partial charge is 0.271 e. The number of amides is 1. The molecule has 1 aliphatic carbocycles. The molecule has 4 heteroatoms. The minimum absolute atomic E-state index is 0.0865. The monoisotopic (exact) mass is 193 g/mol. The van der Waals surface area contributed by atoms with Gasteiger partial charge in [0.2, 0.25) is 0 Å². The lowest BCUT2D eigenvalue weighted by molar-refractivity contribution is 0.0957. The molecular formula is C10H15N3O. The Morgan fingerprint density at radius 1 is 1.64 bits per heavy atom. The Hall–Kier alpha value is -1.32. The van der Waals surface area contributed by atoms with Crippen molar-refractivity contribution in [1.82, 2.24) is 15.5 Å². The van der Waals surface area contributed by atoms with Crippen molar-refractivity contribution in [3.8, 4) is 0 Å². The van der Waals surface area contributed by atoms with Crippen LogP contribution >= 0.6 is 0 Å². The second-order valence-electron chi connectivity index (χ2n) is 3.96. The molecule has 1 aromatic heterocycles. The Balaban J connectivity index is 2.35. The second kappa shape index (κ2) is 3.44. The van der Waals surface area contributed by atoms with Gasteiger partial charge in [-0.05, 0) is 25.2 Å². The van der Waals surface area contributed by atoms with E-state index in [2.05, 4.69) is 22.4 Å². The molecule has 14 heavy (non-hydrogen) atoms. The van der Waals surface area contributed by atoms with E-state index < -0.39 is 0 Å². The first-order valence-corrected chi connectivity index (χ1v) is 5.00. The van der Waals surface area contributed by atoms with Gasteiger partial charge in [-0.2, -0.15) is 5.10 Å². The lowest BCUT2D eigenvalue weighted by Crippen LogP contribution is -2.21. The Labute approximate surface area is 83.1 Å². The van der Waals surface area contributed by atoms with Crippen molar-refractivity contribution in [3.63, 3.8) is 0 Å². The number of fused-ring (bicyclic) bond motifs is 1. The van der Waals surface area contributed by atoms with E-state index in [1.54, 1.807) is 7.05 Å². The van der Waals surface area contributed by atoms with Gasteiger partial charge in [-0.3, -0.25) is 9.89 Å². The molecule has 0 radical (unpaired) electrons. The van der Waals surface area contributed by atoms with Crippen LogP contribution in [0.25, 0.3) is 0 Å². The zero-order valence-electron chi connectivity index (χ0n) is 8.55. The highest BCUT2D eigenvalue weighted by molar-refractivity contribution is 5.93. The highest BCUT2D eigenvalue weighted by Gasteiger charge is 2.23. The van der Waals surface area contributed by atoms with E-state index in [1.807, 2.05) is 0 Å². The number of H-pyrrole nitrogens is 1. The number of carbonyl (C=O) groups excluding carboxylic acids is 1. The van der Waals surface area contributed by atoms with Crippen LogP contribution < -0.4 is 5.32 Å². The van der Waals surface area contributed by atoms with Crippen LogP contribution in [-0.4, -0.2) is 23.2 Å². The Bertz CT molecular complexity index is 356. The van der Waals surface area contributed by atoms with Gasteiger partial charge in [0.25, 0.3) is 5.91 Å². The first kappa shape index (κ1) is 9.24. The molecule has 1 heterocycles. The largest absolute Gasteiger partial charge is 0.354 e. The lowest BCUT2D eigenvalue weighted by atomic mass is 9.88. The number of aromatic amines is 1. The van der Waals surface area contributed by atoms with Crippen LogP contribution in [0.3, 0.4) is 0 Å². The number of aryl methyl sites for hydroxylation is 1. The average molecular weight is 193 g/mol. The van der Waals surface area contributed by atoms with Gasteiger partial charge in [0.1, 0.15) is 0 Å². The van der Waals surface area contributed by atoms with E-state index in [9.17, 15) is 4.79 Å². The standard InChI is InChI=1S/C10H15N3O/c1-6-3-4-8-7(5-6)9(13-12-8)10(14)11-2/h6H,3-5H2,1-2H3,(H,11,14)(H,12,13)/t6-/m1/s1. The minimum Gasteiger partial charge on any atom is -0.354 e. The van der Waals surface area contributed by atoms with Gasteiger partial charge < -0.3 is 5.32 Å². The SMILES string of the molecule is CNC(=O)c1n[nH]c2c1C[C@H](C)CC2. The van der Waals surface area contributed by atoms with Crippen LogP contribution in [0.15, 0.2) is 0 Å². The first-order valence-electron chi connectivity index (χ1n) is 5.00. The molecular weight excluding hydrogens is 178 g/mol. The molecule has 0 aliphatic heterocycles. The predicted molar refractivity (Wildman–Crippen MR) is 53.2 cm³/mol. The molecule has 0 saturated heterocycles. The molecule has 0 unspecified atom stereocenters. The van der Waals surface area contributed by atoms with Gasteiger partial charge in [-0.1, -0.05) is 6.92 Å². The summed E-state index contributed by atoms with van der Waals surface area (Å²) in [5, 5.41) is 9.63. The van der Waals surface area contributed by atoms with Crippen LogP contribution in [0.2, 0.25) is 0 Å². The molecule has 0 aromatic carbocycles. The van der Waals surface area contributed by atoms with Crippen LogP contribution in [-0.2, 0) is 12.8 Å². The fraction of sp³-hybridized carbons (Fsp3) is 0.600. The van der Waals surface area contributed by atoms with Crippen molar-refractivity contribution >= 4 is 5.91 Å². The third-order valence-corrected chi connectivity index (χ3v) is 2.83. The number of nitrogens with zero attached hydrogens (tertiary/aromatic N) is 1. The van der Waals surface area contributed by atoms with E-state index in [-0.39, 0.29) is 5.91 Å². The second-order valence-corrected chi connectivity index (χ2v) is 3.96. The summed E-state index contributed by atoms with van der Waals surface area (Å²) in [7, 11) is 1.63. The van der Waals surface area contributed by atoms with Crippen molar-refractivity contribution in [2.24, 2.45) is 5.92 Å². The molecule has 1 aliphatic rings. The van der Waals surface area contributed by atoms with Crippen LogP contribution in [0.4, 0.5) is 0 Å². The van der Waals surface area contributed by atoms with Crippen LogP contribution in [0.5, 0.6) is 0 Å². The normalized spacial score (nSPS) is 20.3. The summed E-state index contributed by atoms with van der Waals surface area (Å²) < 4.78 is 0. The Morgan fingerprint density at radius 2 is 2.43 bits per heavy atom. The van der Waals surface area contributed by atoms with Gasteiger partial charge in [-0.15, -0.1) is 0 Å². The summed E-state index contributed by atoms with van der Waals surface area (Å²) in [6.45, 7) is 2.21. The number of hydrogen-bond acceptors (Lipinski definition) is 2. The zero-order valence-corrected chi connectivity index (χ0v) is 8.55. The summed E-state index contributed by atoms with van der Waals surface area (Å²) in [5.74, 6) is 0.570. The van der Waals surface area contributed by atoms with Gasteiger partial charge in [0, 0.05) is 18.3 Å². The third-order valence-electron chi connectivity index (χ3n) is 2.83. The van der Waals surface area contributed by atoms with Gasteiger partial charge in [-0.25, -0.2) is 0 Å². The number of carbonyl (C=O) groups is 1. The minimum atomic E-state index is -0.0865. The van der Waals surface area contributed by atoms with Crippen molar-refractivity contribution in [3.05, 3.63) is 17.0 Å². The molecule has 0 bridgehead atoms. The molecule has 1 amide bonds. The average Bonchev–Trinajstić information content (AvgIpc) is 2.59. The van der Waals surface area contributed by atoms with Crippen molar-refractivity contribution in [1.29, 1.82) is 0 Å². The Morgan fingerprint density at radius 3 is 3.14 bits per heavy atom. The molecule has 1 aromatic rings. The summed E-state index contributed by atoms with van der Waals surface area (Å²) in [6.07, 6.45) is 3.16. The maximum Gasteiger partial charge on any atom is 0.271 e. The summed E-state index contributed by atoms with van der Waals surface area (Å²) in [6, 6.07) is 0. The van der Waals surface area contributed by atoms with Crippen molar-refractivity contribution in [2.45, 2.75) is 26.2 Å². The topological polar surface area (TPSA) is 57.8 Å². The quantitative estimate of drug-likeness (QED) is 0.696. The third kappa shape index (κ3) is 1.41. The molecule has 0 spiro atoms. The van der Waals surface area contributed by atoms with Crippen molar-refractivity contribution in [2.75, 3.05) is 7.05 Å². The van der Waals surface area contributed by atoms with E-state index in [0.29, 0.717) is 11.6 Å². The van der Waals surface area contributed by atoms with E-state index in [1.165, 1.54) is 6.42 Å². The molecule has 4 nitrogen and oxygen atoms in total. The molecule has 0 fully saturated rings. The van der Waals surface area contributed by atoms with Gasteiger partial charge in [0.05, 0.1) is 0 Å². The maximum absolute atomic E-state index is 11.5. The lowest BCUT2D eigenvalue weighted by Gasteiger charge is -2.17. The number of nitrogens with one attached hydrogen (secondary N) is 2. The van der Waals surface area contributed by atoms with E-state index >= 15 is 0 Å². The molecule has 0 saturated carbocycles. The first-order chi connectivity index (χ1) is 6.72. The fourth-order valence-corrected chi connectivity index (χ4v) is 1.98. The van der Waals surface area contributed by atoms with Crippen LogP contribution in [0.1, 0.15) is 35.1 Å². The summed E-state index contributed by atoms with van der Waals surface area (Å²) in [4.78, 5) is 11.5. The molecule has 76 valence electrons. The van der Waals surface area contributed by atoms with Gasteiger partial charge >= 0.3 is 0 Å². The van der Waals surface area contributed by atoms with Crippen molar-refractivity contribution < 1.29 is 4.79 Å². The zero-order chi connectivity index (χ0) is 10.1.